The van der Waals surface area contributed by atoms with E-state index in [1.54, 1.807) is 0 Å². The van der Waals surface area contributed by atoms with Crippen molar-refractivity contribution in [3.8, 4) is 0 Å². The van der Waals surface area contributed by atoms with Crippen molar-refractivity contribution in [2.45, 2.75) is 232 Å². The Morgan fingerprint density at radius 2 is 0.698 bits per heavy atom. The van der Waals surface area contributed by atoms with E-state index in [9.17, 15) is 14.4 Å². The zero-order valence-electron chi connectivity index (χ0n) is 40.8. The molecule has 0 N–H and O–H groups in total. The number of allylic oxidation sites excluding steroid dienone is 16. The molecule has 0 aromatic rings. The molecule has 0 saturated heterocycles. The average molecular weight is 875 g/mol. The molecule has 0 aliphatic rings. The maximum absolute atomic E-state index is 12.8. The van der Waals surface area contributed by atoms with E-state index in [-0.39, 0.29) is 37.5 Å². The van der Waals surface area contributed by atoms with Gasteiger partial charge in [-0.2, -0.15) is 0 Å². The molecule has 0 aliphatic heterocycles. The van der Waals surface area contributed by atoms with E-state index in [1.807, 2.05) is 36.5 Å². The second kappa shape index (κ2) is 51.0. The highest BCUT2D eigenvalue weighted by Gasteiger charge is 2.19. The Labute approximate surface area is 387 Å². The summed E-state index contributed by atoms with van der Waals surface area (Å²) in [6, 6.07) is 0. The molecule has 0 radical (unpaired) electrons. The van der Waals surface area contributed by atoms with E-state index in [0.29, 0.717) is 12.8 Å². The van der Waals surface area contributed by atoms with Gasteiger partial charge in [0.1, 0.15) is 13.2 Å². The summed E-state index contributed by atoms with van der Waals surface area (Å²) in [6.07, 6.45) is 66.8. The summed E-state index contributed by atoms with van der Waals surface area (Å²) >= 11 is 0. The van der Waals surface area contributed by atoms with Crippen LogP contribution in [0, 0.1) is 0 Å². The maximum atomic E-state index is 12.8. The third-order valence-electron chi connectivity index (χ3n) is 10.6. The first kappa shape index (κ1) is 59.3. The van der Waals surface area contributed by atoms with E-state index in [0.717, 1.165) is 116 Å². The summed E-state index contributed by atoms with van der Waals surface area (Å²) in [5.74, 6) is -0.979. The summed E-state index contributed by atoms with van der Waals surface area (Å²) < 4.78 is 16.7. The largest absolute Gasteiger partial charge is 0.462 e. The van der Waals surface area contributed by atoms with Crippen LogP contribution in [-0.4, -0.2) is 37.2 Å². The van der Waals surface area contributed by atoms with Crippen molar-refractivity contribution >= 4 is 17.9 Å². The molecule has 6 nitrogen and oxygen atoms in total. The molecule has 63 heavy (non-hydrogen) atoms. The van der Waals surface area contributed by atoms with Crippen molar-refractivity contribution in [1.29, 1.82) is 0 Å². The molecular formula is C57H94O6. The van der Waals surface area contributed by atoms with E-state index in [2.05, 4.69) is 81.5 Å². The SMILES string of the molecule is CC\C=C/C=C\C=C/C=C\CCCCCC(=O)OCC(COC(=O)CCCCCCC/C=C\CCCCCCCCCCC)OC(=O)CCCCCC/C=C\C/C=C\C/C=C\CC. The Balaban J connectivity index is 4.46. The zero-order chi connectivity index (χ0) is 45.8. The lowest BCUT2D eigenvalue weighted by Gasteiger charge is -2.18. The minimum absolute atomic E-state index is 0.105. The fraction of sp³-hybridized carbons (Fsp3) is 0.667. The van der Waals surface area contributed by atoms with Gasteiger partial charge in [-0.05, 0) is 96.3 Å². The number of esters is 3. The summed E-state index contributed by atoms with van der Waals surface area (Å²) in [7, 11) is 0. The van der Waals surface area contributed by atoms with Crippen LogP contribution in [0.4, 0.5) is 0 Å². The Kier molecular flexibility index (Phi) is 48.0. The summed E-state index contributed by atoms with van der Waals surface area (Å²) in [4.78, 5) is 38.0. The van der Waals surface area contributed by atoms with Crippen LogP contribution in [0.15, 0.2) is 97.2 Å². The predicted molar refractivity (Wildman–Crippen MR) is 270 cm³/mol. The number of carbonyl (C=O) groups is 3. The molecule has 6 heteroatoms. The van der Waals surface area contributed by atoms with Crippen LogP contribution >= 0.6 is 0 Å². The third kappa shape index (κ3) is 49.2. The van der Waals surface area contributed by atoms with Crippen LogP contribution in [-0.2, 0) is 28.6 Å². The van der Waals surface area contributed by atoms with Crippen LogP contribution in [0.2, 0.25) is 0 Å². The number of carbonyl (C=O) groups excluding carboxylic acids is 3. The fourth-order valence-electron chi connectivity index (χ4n) is 6.81. The van der Waals surface area contributed by atoms with Gasteiger partial charge in [-0.25, -0.2) is 0 Å². The molecule has 0 spiro atoms. The van der Waals surface area contributed by atoms with Gasteiger partial charge in [0, 0.05) is 19.3 Å². The molecule has 1 unspecified atom stereocenters. The van der Waals surface area contributed by atoms with Crippen molar-refractivity contribution in [3.63, 3.8) is 0 Å². The van der Waals surface area contributed by atoms with Crippen molar-refractivity contribution in [1.82, 2.24) is 0 Å². The maximum Gasteiger partial charge on any atom is 0.306 e. The van der Waals surface area contributed by atoms with Crippen molar-refractivity contribution in [2.24, 2.45) is 0 Å². The Hall–Kier alpha value is -3.67. The van der Waals surface area contributed by atoms with Crippen molar-refractivity contribution in [3.05, 3.63) is 97.2 Å². The molecule has 1 atom stereocenters. The molecule has 0 fully saturated rings. The van der Waals surface area contributed by atoms with Gasteiger partial charge in [-0.15, -0.1) is 0 Å². The van der Waals surface area contributed by atoms with Crippen LogP contribution in [0.25, 0.3) is 0 Å². The zero-order valence-corrected chi connectivity index (χ0v) is 40.8. The lowest BCUT2D eigenvalue weighted by molar-refractivity contribution is -0.167. The first-order valence-corrected chi connectivity index (χ1v) is 25.8. The van der Waals surface area contributed by atoms with Crippen LogP contribution < -0.4 is 0 Å². The van der Waals surface area contributed by atoms with E-state index >= 15 is 0 Å². The number of hydrogen-bond acceptors (Lipinski definition) is 6. The molecule has 0 rings (SSSR count). The molecule has 358 valence electrons. The quantitative estimate of drug-likeness (QED) is 0.0199. The molecule has 0 aromatic heterocycles. The highest BCUT2D eigenvalue weighted by atomic mass is 16.6. The van der Waals surface area contributed by atoms with Gasteiger partial charge < -0.3 is 14.2 Å². The van der Waals surface area contributed by atoms with Gasteiger partial charge in [0.25, 0.3) is 0 Å². The predicted octanol–water partition coefficient (Wildman–Crippen LogP) is 17.0. The first-order chi connectivity index (χ1) is 31.0. The molecule has 0 heterocycles. The molecule has 0 bridgehead atoms. The normalized spacial score (nSPS) is 12.9. The van der Waals surface area contributed by atoms with Gasteiger partial charge >= 0.3 is 17.9 Å². The summed E-state index contributed by atoms with van der Waals surface area (Å²) in [6.45, 7) is 6.32. The number of unbranched alkanes of at least 4 members (excludes halogenated alkanes) is 21. The number of rotatable bonds is 45. The van der Waals surface area contributed by atoms with Crippen LogP contribution in [0.1, 0.15) is 226 Å². The van der Waals surface area contributed by atoms with Gasteiger partial charge in [0.15, 0.2) is 6.10 Å². The van der Waals surface area contributed by atoms with Crippen LogP contribution in [0.5, 0.6) is 0 Å². The molecule has 0 aromatic carbocycles. The second-order valence-corrected chi connectivity index (χ2v) is 16.8. The van der Waals surface area contributed by atoms with Crippen molar-refractivity contribution < 1.29 is 28.6 Å². The Morgan fingerprint density at radius 3 is 1.19 bits per heavy atom. The van der Waals surface area contributed by atoms with E-state index < -0.39 is 6.10 Å². The molecule has 0 aliphatic carbocycles. The summed E-state index contributed by atoms with van der Waals surface area (Å²) in [5, 5.41) is 0. The Bertz CT molecular complexity index is 1280. The van der Waals surface area contributed by atoms with Gasteiger partial charge in [0.05, 0.1) is 0 Å². The monoisotopic (exact) mass is 875 g/mol. The highest BCUT2D eigenvalue weighted by Crippen LogP contribution is 2.14. The van der Waals surface area contributed by atoms with E-state index in [4.69, 9.17) is 14.2 Å². The Morgan fingerprint density at radius 1 is 0.349 bits per heavy atom. The minimum Gasteiger partial charge on any atom is -0.462 e. The summed E-state index contributed by atoms with van der Waals surface area (Å²) in [5.41, 5.74) is 0. The van der Waals surface area contributed by atoms with Gasteiger partial charge in [0.2, 0.25) is 0 Å². The number of hydrogen-bond donors (Lipinski definition) is 0. The fourth-order valence-corrected chi connectivity index (χ4v) is 6.81. The second-order valence-electron chi connectivity index (χ2n) is 16.8. The lowest BCUT2D eigenvalue weighted by atomic mass is 10.1. The molecule has 0 saturated carbocycles. The number of ether oxygens (including phenoxy) is 3. The highest BCUT2D eigenvalue weighted by molar-refractivity contribution is 5.71. The van der Waals surface area contributed by atoms with Crippen molar-refractivity contribution in [2.75, 3.05) is 13.2 Å². The van der Waals surface area contributed by atoms with Gasteiger partial charge in [-0.1, -0.05) is 208 Å². The van der Waals surface area contributed by atoms with Crippen LogP contribution in [0.3, 0.4) is 0 Å². The van der Waals surface area contributed by atoms with Gasteiger partial charge in [-0.3, -0.25) is 14.4 Å². The molecular weight excluding hydrogens is 781 g/mol. The topological polar surface area (TPSA) is 78.9 Å². The van der Waals surface area contributed by atoms with E-state index in [1.165, 1.54) is 70.6 Å². The first-order valence-electron chi connectivity index (χ1n) is 25.8. The standard InChI is InChI=1S/C57H94O6/c1-4-7-10-13-16-19-22-25-27-28-29-30-33-35-38-41-44-47-50-56(59)62-53-54(52-61-55(58)49-46-43-40-37-34-31-24-21-18-15-12-9-6-3)63-57(60)51-48-45-42-39-36-32-26-23-20-17-14-11-8-5-2/h8-9,11-12,15,17-18,20-21,24,26,29-32,34,54H,4-7,10,13-14,16,19,22-23,25,27-28,33,35-53H2,1-3H3/b11-8-,12-9-,18-15-,20-17-,24-21-,30-29-,32-26-,34-31-. The minimum atomic E-state index is -0.809. The average Bonchev–Trinajstić information content (AvgIpc) is 3.28. The molecule has 0 amide bonds. The third-order valence-corrected chi connectivity index (χ3v) is 10.6. The smallest absolute Gasteiger partial charge is 0.306 e. The lowest BCUT2D eigenvalue weighted by Crippen LogP contribution is -2.30.